The second-order valence-corrected chi connectivity index (χ2v) is 5.56. The molecule has 0 amide bonds. The Morgan fingerprint density at radius 2 is 1.89 bits per heavy atom. The van der Waals surface area contributed by atoms with Crippen molar-refractivity contribution < 1.29 is 14.4 Å². The van der Waals surface area contributed by atoms with Crippen LogP contribution >= 0.6 is 0 Å². The lowest BCUT2D eigenvalue weighted by atomic mass is 9.78. The molecule has 2 aliphatic rings. The number of hydrogen-bond donors (Lipinski definition) is 1. The van der Waals surface area contributed by atoms with E-state index in [-0.39, 0.29) is 5.92 Å². The lowest BCUT2D eigenvalue weighted by Crippen LogP contribution is -2.21. The zero-order valence-corrected chi connectivity index (χ0v) is 10.5. The van der Waals surface area contributed by atoms with Gasteiger partial charge in [-0.2, -0.15) is 0 Å². The largest absolute Gasteiger partial charge is 0.481 e. The average Bonchev–Trinajstić information content (AvgIpc) is 2.82. The van der Waals surface area contributed by atoms with Gasteiger partial charge in [-0.05, 0) is 44.9 Å². The highest BCUT2D eigenvalue weighted by Crippen LogP contribution is 2.38. The van der Waals surface area contributed by atoms with Crippen molar-refractivity contribution in [3.8, 4) is 0 Å². The Bertz CT molecular complexity index is 444. The number of carboxylic acid groups (broad SMARTS) is 1. The van der Waals surface area contributed by atoms with Crippen LogP contribution in [-0.4, -0.2) is 16.2 Å². The third kappa shape index (κ3) is 2.04. The van der Waals surface area contributed by atoms with Crippen molar-refractivity contribution in [2.24, 2.45) is 5.92 Å². The van der Waals surface area contributed by atoms with E-state index in [1.807, 2.05) is 0 Å². The van der Waals surface area contributed by atoms with Crippen molar-refractivity contribution in [2.75, 3.05) is 0 Å². The number of carboxylic acids is 1. The van der Waals surface area contributed by atoms with E-state index in [0.717, 1.165) is 50.0 Å². The Labute approximate surface area is 106 Å². The van der Waals surface area contributed by atoms with Gasteiger partial charge in [-0.3, -0.25) is 4.79 Å². The highest BCUT2D eigenvalue weighted by atomic mass is 16.5. The van der Waals surface area contributed by atoms with E-state index in [1.165, 1.54) is 18.4 Å². The molecule has 1 fully saturated rings. The number of rotatable bonds is 2. The summed E-state index contributed by atoms with van der Waals surface area (Å²) in [6.07, 6.45) is 7.98. The maximum Gasteiger partial charge on any atom is 0.306 e. The molecule has 0 aromatic carbocycles. The highest BCUT2D eigenvalue weighted by molar-refractivity contribution is 5.70. The maximum absolute atomic E-state index is 10.9. The lowest BCUT2D eigenvalue weighted by molar-refractivity contribution is -0.142. The first kappa shape index (κ1) is 11.8. The minimum absolute atomic E-state index is 0.149. The van der Waals surface area contributed by atoms with Crippen LogP contribution in [0.3, 0.4) is 0 Å². The molecular formula is C14H19NO3. The molecule has 0 spiro atoms. The number of fused-ring (bicyclic) bond motifs is 1. The number of aromatic nitrogens is 1. The molecule has 1 heterocycles. The van der Waals surface area contributed by atoms with Crippen molar-refractivity contribution >= 4 is 5.97 Å². The van der Waals surface area contributed by atoms with Gasteiger partial charge in [0.2, 0.25) is 0 Å². The van der Waals surface area contributed by atoms with Gasteiger partial charge >= 0.3 is 5.97 Å². The number of hydrogen-bond acceptors (Lipinski definition) is 3. The zero-order valence-electron chi connectivity index (χ0n) is 10.5. The molecule has 98 valence electrons. The summed E-state index contributed by atoms with van der Waals surface area (Å²) >= 11 is 0. The summed E-state index contributed by atoms with van der Waals surface area (Å²) in [5.41, 5.74) is 2.47. The first-order chi connectivity index (χ1) is 8.75. The van der Waals surface area contributed by atoms with Crippen LogP contribution < -0.4 is 0 Å². The van der Waals surface area contributed by atoms with Gasteiger partial charge in [-0.25, -0.2) is 0 Å². The number of nitrogens with zero attached hydrogens (tertiary/aromatic N) is 1. The zero-order chi connectivity index (χ0) is 12.5. The quantitative estimate of drug-likeness (QED) is 0.875. The fourth-order valence-electron chi connectivity index (χ4n) is 3.34. The fourth-order valence-corrected chi connectivity index (χ4v) is 3.34. The standard InChI is InChI=1S/C14H19NO3/c16-14(17)10-7-5-9(6-8-10)13-11-3-1-2-4-12(11)18-15-13/h9-10H,1-8H2,(H,16,17)/t9-,10+. The van der Waals surface area contributed by atoms with E-state index in [0.29, 0.717) is 5.92 Å². The van der Waals surface area contributed by atoms with Gasteiger partial charge in [0.25, 0.3) is 0 Å². The molecule has 18 heavy (non-hydrogen) atoms. The van der Waals surface area contributed by atoms with Crippen LogP contribution in [-0.2, 0) is 17.6 Å². The van der Waals surface area contributed by atoms with Crippen LogP contribution in [0.4, 0.5) is 0 Å². The van der Waals surface area contributed by atoms with Crippen molar-refractivity contribution in [1.82, 2.24) is 5.16 Å². The summed E-state index contributed by atoms with van der Waals surface area (Å²) in [6.45, 7) is 0. The minimum Gasteiger partial charge on any atom is -0.481 e. The normalized spacial score (nSPS) is 27.8. The first-order valence-electron chi connectivity index (χ1n) is 6.96. The molecule has 1 N–H and O–H groups in total. The molecular weight excluding hydrogens is 230 g/mol. The monoisotopic (exact) mass is 249 g/mol. The summed E-state index contributed by atoms with van der Waals surface area (Å²) < 4.78 is 5.45. The molecule has 1 aromatic heterocycles. The first-order valence-corrected chi connectivity index (χ1v) is 6.96. The molecule has 3 rings (SSSR count). The predicted octanol–water partition coefficient (Wildman–Crippen LogP) is 2.91. The van der Waals surface area contributed by atoms with Crippen molar-refractivity contribution in [1.29, 1.82) is 0 Å². The van der Waals surface area contributed by atoms with Crippen LogP contribution in [0.25, 0.3) is 0 Å². The van der Waals surface area contributed by atoms with Crippen molar-refractivity contribution in [2.45, 2.75) is 57.3 Å². The number of aryl methyl sites for hydroxylation is 1. The number of carbonyl (C=O) groups is 1. The maximum atomic E-state index is 10.9. The fraction of sp³-hybridized carbons (Fsp3) is 0.714. The Morgan fingerprint density at radius 3 is 2.61 bits per heavy atom. The van der Waals surface area contributed by atoms with Crippen LogP contribution in [0.15, 0.2) is 4.52 Å². The van der Waals surface area contributed by atoms with E-state index in [4.69, 9.17) is 9.63 Å². The summed E-state index contributed by atoms with van der Waals surface area (Å²) in [7, 11) is 0. The topological polar surface area (TPSA) is 63.3 Å². The molecule has 0 atom stereocenters. The molecule has 0 aliphatic heterocycles. The van der Waals surface area contributed by atoms with Gasteiger partial charge in [0.15, 0.2) is 0 Å². The SMILES string of the molecule is O=C(O)[C@H]1CC[C@@H](c2noc3c2CCCC3)CC1. The van der Waals surface area contributed by atoms with Crippen LogP contribution in [0, 0.1) is 5.92 Å². The Morgan fingerprint density at radius 1 is 1.17 bits per heavy atom. The molecule has 4 heteroatoms. The minimum atomic E-state index is -0.643. The average molecular weight is 249 g/mol. The second-order valence-electron chi connectivity index (χ2n) is 5.56. The van der Waals surface area contributed by atoms with Crippen molar-refractivity contribution in [3.05, 3.63) is 17.0 Å². The Balaban J connectivity index is 1.73. The van der Waals surface area contributed by atoms with Gasteiger partial charge in [0, 0.05) is 17.9 Å². The van der Waals surface area contributed by atoms with Crippen LogP contribution in [0.1, 0.15) is 61.5 Å². The Kier molecular flexibility index (Phi) is 3.10. The van der Waals surface area contributed by atoms with Gasteiger partial charge < -0.3 is 9.63 Å². The van der Waals surface area contributed by atoms with Crippen molar-refractivity contribution in [3.63, 3.8) is 0 Å². The Hall–Kier alpha value is -1.32. The van der Waals surface area contributed by atoms with Gasteiger partial charge in [0.05, 0.1) is 11.6 Å². The molecule has 4 nitrogen and oxygen atoms in total. The van der Waals surface area contributed by atoms with E-state index in [9.17, 15) is 4.79 Å². The predicted molar refractivity (Wildman–Crippen MR) is 65.5 cm³/mol. The second kappa shape index (κ2) is 4.75. The summed E-state index contributed by atoms with van der Waals surface area (Å²) in [5, 5.41) is 13.3. The van der Waals surface area contributed by atoms with Gasteiger partial charge in [-0.1, -0.05) is 5.16 Å². The molecule has 0 bridgehead atoms. The molecule has 0 radical (unpaired) electrons. The van der Waals surface area contributed by atoms with Gasteiger partial charge in [0.1, 0.15) is 5.76 Å². The van der Waals surface area contributed by atoms with Crippen LogP contribution in [0.2, 0.25) is 0 Å². The van der Waals surface area contributed by atoms with E-state index in [1.54, 1.807) is 0 Å². The highest BCUT2D eigenvalue weighted by Gasteiger charge is 2.31. The molecule has 1 aromatic rings. The molecule has 0 saturated heterocycles. The van der Waals surface area contributed by atoms with E-state index >= 15 is 0 Å². The molecule has 2 aliphatic carbocycles. The van der Waals surface area contributed by atoms with Gasteiger partial charge in [-0.15, -0.1) is 0 Å². The number of aliphatic carboxylic acids is 1. The van der Waals surface area contributed by atoms with E-state index in [2.05, 4.69) is 5.16 Å². The summed E-state index contributed by atoms with van der Waals surface area (Å²) in [6, 6.07) is 0. The summed E-state index contributed by atoms with van der Waals surface area (Å²) in [5.74, 6) is 0.711. The molecule has 1 saturated carbocycles. The third-order valence-electron chi connectivity index (χ3n) is 4.44. The smallest absolute Gasteiger partial charge is 0.306 e. The summed E-state index contributed by atoms with van der Waals surface area (Å²) in [4.78, 5) is 10.9. The van der Waals surface area contributed by atoms with Crippen LogP contribution in [0.5, 0.6) is 0 Å². The lowest BCUT2D eigenvalue weighted by Gasteiger charge is -2.25. The molecule has 0 unspecified atom stereocenters. The van der Waals surface area contributed by atoms with E-state index < -0.39 is 5.97 Å². The third-order valence-corrected chi connectivity index (χ3v) is 4.44.